The Balaban J connectivity index is 2.48. The van der Waals surface area contributed by atoms with Crippen molar-refractivity contribution in [1.29, 1.82) is 0 Å². The summed E-state index contributed by atoms with van der Waals surface area (Å²) >= 11 is 1.22. The summed E-state index contributed by atoms with van der Waals surface area (Å²) in [6.07, 6.45) is 2.45. The van der Waals surface area contributed by atoms with E-state index in [-0.39, 0.29) is 0 Å². The van der Waals surface area contributed by atoms with Crippen molar-refractivity contribution in [2.45, 2.75) is 6.92 Å². The monoisotopic (exact) mass is 142 g/mol. The van der Waals surface area contributed by atoms with Crippen molar-refractivity contribution in [3.05, 3.63) is 5.38 Å². The van der Waals surface area contributed by atoms with Crippen LogP contribution in [0.4, 0.5) is 0 Å². The number of rotatable bonds is 2. The number of hydrogen-bond donors (Lipinski definition) is 0. The lowest BCUT2D eigenvalue weighted by Gasteiger charge is -1.84. The molecule has 1 aromatic heterocycles. The fourth-order valence-electron chi connectivity index (χ4n) is 0.288. The molecule has 5 heteroatoms. The van der Waals surface area contributed by atoms with Gasteiger partial charge in [-0.05, 0) is 18.5 Å². The maximum atomic E-state index is 4.65. The molecule has 0 aliphatic rings. The SMILES string of the molecule is C[C]=NOc1csnn1. The quantitative estimate of drug-likeness (QED) is 0.453. The van der Waals surface area contributed by atoms with Crippen LogP contribution >= 0.6 is 11.5 Å². The third-order valence-corrected chi connectivity index (χ3v) is 1.05. The van der Waals surface area contributed by atoms with Crippen molar-refractivity contribution in [2.75, 3.05) is 0 Å². The molecule has 47 valence electrons. The summed E-state index contributed by atoms with van der Waals surface area (Å²) in [5.74, 6) is 0.411. The van der Waals surface area contributed by atoms with Crippen LogP contribution < -0.4 is 4.84 Å². The molecule has 0 atom stereocenters. The van der Waals surface area contributed by atoms with Crippen LogP contribution in [0.2, 0.25) is 0 Å². The average molecular weight is 142 g/mol. The highest BCUT2D eigenvalue weighted by Crippen LogP contribution is 2.05. The van der Waals surface area contributed by atoms with Gasteiger partial charge in [0.15, 0.2) is 0 Å². The van der Waals surface area contributed by atoms with E-state index in [9.17, 15) is 0 Å². The molecule has 9 heavy (non-hydrogen) atoms. The van der Waals surface area contributed by atoms with E-state index >= 15 is 0 Å². The van der Waals surface area contributed by atoms with Gasteiger partial charge in [-0.3, -0.25) is 0 Å². The van der Waals surface area contributed by atoms with Crippen molar-refractivity contribution >= 4 is 17.7 Å². The second-order valence-electron chi connectivity index (χ2n) is 1.15. The molecule has 1 radical (unpaired) electrons. The first-order chi connectivity index (χ1) is 4.43. The molecule has 1 heterocycles. The lowest BCUT2D eigenvalue weighted by Crippen LogP contribution is -1.81. The third kappa shape index (κ3) is 1.77. The molecule has 0 saturated heterocycles. The van der Waals surface area contributed by atoms with Crippen molar-refractivity contribution < 1.29 is 4.84 Å². The third-order valence-electron chi connectivity index (χ3n) is 0.571. The Hall–Kier alpha value is -0.970. The molecule has 0 fully saturated rings. The molecule has 0 N–H and O–H groups in total. The fourth-order valence-corrected chi connectivity index (χ4v) is 0.643. The van der Waals surface area contributed by atoms with Gasteiger partial charge in [-0.1, -0.05) is 14.7 Å². The minimum atomic E-state index is 0.411. The lowest BCUT2D eigenvalue weighted by atomic mass is 10.9. The zero-order valence-electron chi connectivity index (χ0n) is 4.74. The van der Waals surface area contributed by atoms with Gasteiger partial charge in [-0.2, -0.15) is 0 Å². The van der Waals surface area contributed by atoms with E-state index in [1.807, 2.05) is 0 Å². The zero-order valence-corrected chi connectivity index (χ0v) is 5.55. The van der Waals surface area contributed by atoms with Gasteiger partial charge in [-0.25, -0.2) is 0 Å². The van der Waals surface area contributed by atoms with Crippen LogP contribution in [0.1, 0.15) is 6.92 Å². The Kier molecular flexibility index (Phi) is 2.14. The summed E-state index contributed by atoms with van der Waals surface area (Å²) in [6, 6.07) is 0. The predicted molar refractivity (Wildman–Crippen MR) is 33.6 cm³/mol. The molecular weight excluding hydrogens is 138 g/mol. The van der Waals surface area contributed by atoms with Gasteiger partial charge < -0.3 is 4.84 Å². The van der Waals surface area contributed by atoms with E-state index in [4.69, 9.17) is 0 Å². The smallest absolute Gasteiger partial charge is 0.280 e. The van der Waals surface area contributed by atoms with Gasteiger partial charge in [0, 0.05) is 0 Å². The van der Waals surface area contributed by atoms with Crippen LogP contribution in [-0.4, -0.2) is 15.8 Å². The summed E-state index contributed by atoms with van der Waals surface area (Å²) < 4.78 is 3.55. The second kappa shape index (κ2) is 3.13. The van der Waals surface area contributed by atoms with Crippen molar-refractivity contribution in [3.8, 4) is 5.88 Å². The van der Waals surface area contributed by atoms with E-state index in [1.165, 1.54) is 11.5 Å². The van der Waals surface area contributed by atoms with Crippen LogP contribution in [0.3, 0.4) is 0 Å². The van der Waals surface area contributed by atoms with Crippen molar-refractivity contribution in [2.24, 2.45) is 5.16 Å². The Morgan fingerprint density at radius 3 is 3.33 bits per heavy atom. The molecule has 4 nitrogen and oxygen atoms in total. The number of aromatic nitrogens is 2. The Morgan fingerprint density at radius 2 is 2.78 bits per heavy atom. The topological polar surface area (TPSA) is 47.4 Å². The summed E-state index contributed by atoms with van der Waals surface area (Å²) in [5.41, 5.74) is 0. The molecule has 0 aromatic carbocycles. The zero-order chi connectivity index (χ0) is 6.53. The minimum Gasteiger partial charge on any atom is -0.334 e. The van der Waals surface area contributed by atoms with Gasteiger partial charge in [0.1, 0.15) is 6.21 Å². The second-order valence-corrected chi connectivity index (χ2v) is 1.76. The van der Waals surface area contributed by atoms with E-state index in [0.29, 0.717) is 5.88 Å². The highest BCUT2D eigenvalue weighted by Gasteiger charge is 1.91. The van der Waals surface area contributed by atoms with Gasteiger partial charge in [0.05, 0.1) is 5.38 Å². The summed E-state index contributed by atoms with van der Waals surface area (Å²) in [7, 11) is 0. The fraction of sp³-hybridized carbons (Fsp3) is 0.250. The molecule has 0 amide bonds. The Morgan fingerprint density at radius 1 is 1.89 bits per heavy atom. The highest BCUT2D eigenvalue weighted by atomic mass is 32.1. The van der Waals surface area contributed by atoms with Crippen LogP contribution in [0.25, 0.3) is 0 Å². The first-order valence-electron chi connectivity index (χ1n) is 2.24. The summed E-state index contributed by atoms with van der Waals surface area (Å²) in [6.45, 7) is 1.64. The first kappa shape index (κ1) is 6.15. The van der Waals surface area contributed by atoms with E-state index in [0.717, 1.165) is 0 Å². The molecule has 0 saturated carbocycles. The van der Waals surface area contributed by atoms with Crippen LogP contribution in [0, 0.1) is 0 Å². The minimum absolute atomic E-state index is 0.411. The highest BCUT2D eigenvalue weighted by molar-refractivity contribution is 7.03. The van der Waals surface area contributed by atoms with E-state index in [2.05, 4.69) is 25.8 Å². The maximum Gasteiger partial charge on any atom is 0.280 e. The molecule has 0 aliphatic heterocycles. The van der Waals surface area contributed by atoms with Gasteiger partial charge in [-0.15, -0.1) is 0 Å². The summed E-state index contributed by atoms with van der Waals surface area (Å²) in [4.78, 5) is 4.65. The standard InChI is InChI=1S/C4H4N3OS/c1-2-5-8-4-3-9-7-6-4/h3H,1H3. The average Bonchev–Trinajstić information content (AvgIpc) is 2.34. The molecule has 1 rings (SSSR count). The Bertz CT molecular complexity index is 184. The summed E-state index contributed by atoms with van der Waals surface area (Å²) in [5, 5.41) is 8.59. The number of nitrogens with zero attached hydrogens (tertiary/aromatic N) is 3. The van der Waals surface area contributed by atoms with Gasteiger partial charge in [0.25, 0.3) is 5.88 Å². The molecule has 0 bridgehead atoms. The largest absolute Gasteiger partial charge is 0.334 e. The van der Waals surface area contributed by atoms with E-state index < -0.39 is 0 Å². The lowest BCUT2D eigenvalue weighted by molar-refractivity contribution is 0.329. The number of hydrogen-bond acceptors (Lipinski definition) is 5. The van der Waals surface area contributed by atoms with Gasteiger partial charge in [0.2, 0.25) is 0 Å². The van der Waals surface area contributed by atoms with Crippen molar-refractivity contribution in [3.63, 3.8) is 0 Å². The van der Waals surface area contributed by atoms with E-state index in [1.54, 1.807) is 12.3 Å². The molecular formula is C4H4N3OS. The molecule has 0 spiro atoms. The Labute approximate surface area is 56.3 Å². The predicted octanol–water partition coefficient (Wildman–Crippen LogP) is 0.800. The molecule has 1 aromatic rings. The van der Waals surface area contributed by atoms with Crippen LogP contribution in [0.15, 0.2) is 10.5 Å². The molecule has 0 aliphatic carbocycles. The maximum absolute atomic E-state index is 4.65. The van der Waals surface area contributed by atoms with Crippen molar-refractivity contribution in [1.82, 2.24) is 9.59 Å². The first-order valence-corrected chi connectivity index (χ1v) is 3.08. The normalized spacial score (nSPS) is 10.3. The van der Waals surface area contributed by atoms with Crippen LogP contribution in [0.5, 0.6) is 5.88 Å². The molecule has 0 unspecified atom stereocenters. The van der Waals surface area contributed by atoms with Crippen LogP contribution in [-0.2, 0) is 0 Å². The van der Waals surface area contributed by atoms with Gasteiger partial charge >= 0.3 is 0 Å².